The van der Waals surface area contributed by atoms with Crippen molar-refractivity contribution in [2.24, 2.45) is 0 Å². The summed E-state index contributed by atoms with van der Waals surface area (Å²) in [5.74, 6) is 0. The molecule has 0 radical (unpaired) electrons. The first-order valence-corrected chi connectivity index (χ1v) is 4.95. The number of aryl methyl sites for hydroxylation is 1. The molecule has 0 aromatic heterocycles. The van der Waals surface area contributed by atoms with Crippen molar-refractivity contribution in [1.82, 2.24) is 5.32 Å². The fourth-order valence-corrected chi connectivity index (χ4v) is 1.86. The van der Waals surface area contributed by atoms with Crippen LogP contribution in [0, 0.1) is 6.92 Å². The van der Waals surface area contributed by atoms with E-state index in [0.29, 0.717) is 0 Å². The van der Waals surface area contributed by atoms with E-state index >= 15 is 0 Å². The molecule has 1 heteroatoms. The molecule has 2 aromatic rings. The maximum atomic E-state index is 3.22. The average Bonchev–Trinajstić information content (AvgIpc) is 2.23. The van der Waals surface area contributed by atoms with Gasteiger partial charge in [0.1, 0.15) is 0 Å². The van der Waals surface area contributed by atoms with Crippen molar-refractivity contribution < 1.29 is 0 Å². The zero-order chi connectivity index (χ0) is 9.97. The Morgan fingerprint density at radius 1 is 1.07 bits per heavy atom. The van der Waals surface area contributed by atoms with Crippen LogP contribution in [-0.4, -0.2) is 7.05 Å². The second-order valence-electron chi connectivity index (χ2n) is 3.61. The minimum atomic E-state index is 0.938. The van der Waals surface area contributed by atoms with Crippen LogP contribution in [0.1, 0.15) is 11.1 Å². The molecule has 0 atom stereocenters. The van der Waals surface area contributed by atoms with Gasteiger partial charge in [-0.3, -0.25) is 0 Å². The number of fused-ring (bicyclic) bond motifs is 1. The highest BCUT2D eigenvalue weighted by atomic mass is 14.8. The summed E-state index contributed by atoms with van der Waals surface area (Å²) < 4.78 is 0. The van der Waals surface area contributed by atoms with Crippen molar-refractivity contribution in [2.75, 3.05) is 7.05 Å². The molecule has 1 nitrogen and oxygen atoms in total. The third kappa shape index (κ3) is 1.51. The lowest BCUT2D eigenvalue weighted by Gasteiger charge is -2.09. The Labute approximate surface area is 84.8 Å². The van der Waals surface area contributed by atoms with E-state index in [1.54, 1.807) is 0 Å². The van der Waals surface area contributed by atoms with Gasteiger partial charge in [-0.2, -0.15) is 0 Å². The first kappa shape index (κ1) is 9.22. The van der Waals surface area contributed by atoms with E-state index in [0.717, 1.165) is 6.54 Å². The van der Waals surface area contributed by atoms with Gasteiger partial charge in [0.15, 0.2) is 0 Å². The predicted molar refractivity (Wildman–Crippen MR) is 61.4 cm³/mol. The van der Waals surface area contributed by atoms with Gasteiger partial charge in [0, 0.05) is 6.54 Å². The predicted octanol–water partition coefficient (Wildman–Crippen LogP) is 2.87. The van der Waals surface area contributed by atoms with Crippen LogP contribution < -0.4 is 5.32 Å². The van der Waals surface area contributed by atoms with Gasteiger partial charge in [-0.15, -0.1) is 0 Å². The lowest BCUT2D eigenvalue weighted by molar-refractivity contribution is 0.818. The van der Waals surface area contributed by atoms with E-state index in [4.69, 9.17) is 0 Å². The van der Waals surface area contributed by atoms with E-state index < -0.39 is 0 Å². The van der Waals surface area contributed by atoms with Crippen LogP contribution in [0.25, 0.3) is 10.8 Å². The Bertz CT molecular complexity index is 446. The maximum Gasteiger partial charge on any atom is 0.0211 e. The highest BCUT2D eigenvalue weighted by molar-refractivity contribution is 5.86. The summed E-state index contributed by atoms with van der Waals surface area (Å²) in [6, 6.07) is 12.9. The van der Waals surface area contributed by atoms with Crippen LogP contribution in [0.5, 0.6) is 0 Å². The van der Waals surface area contributed by atoms with Gasteiger partial charge in [0.05, 0.1) is 0 Å². The van der Waals surface area contributed by atoms with Gasteiger partial charge >= 0.3 is 0 Å². The van der Waals surface area contributed by atoms with Crippen molar-refractivity contribution in [1.29, 1.82) is 0 Å². The van der Waals surface area contributed by atoms with Gasteiger partial charge in [0.2, 0.25) is 0 Å². The van der Waals surface area contributed by atoms with Crippen LogP contribution in [0.4, 0.5) is 0 Å². The largest absolute Gasteiger partial charge is 0.316 e. The Morgan fingerprint density at radius 2 is 1.86 bits per heavy atom. The topological polar surface area (TPSA) is 12.0 Å². The zero-order valence-electron chi connectivity index (χ0n) is 8.67. The molecule has 14 heavy (non-hydrogen) atoms. The molecule has 0 saturated heterocycles. The van der Waals surface area contributed by atoms with Crippen LogP contribution in [-0.2, 0) is 6.54 Å². The molecule has 1 N–H and O–H groups in total. The van der Waals surface area contributed by atoms with Crippen LogP contribution in [0.15, 0.2) is 36.4 Å². The van der Waals surface area contributed by atoms with Gasteiger partial charge < -0.3 is 5.32 Å². The van der Waals surface area contributed by atoms with E-state index in [9.17, 15) is 0 Å². The molecule has 0 fully saturated rings. The smallest absolute Gasteiger partial charge is 0.0211 e. The van der Waals surface area contributed by atoms with Crippen LogP contribution >= 0.6 is 0 Å². The molecule has 0 aliphatic heterocycles. The SMILES string of the molecule is CNCc1c(C)ccc2ccccc12. The second-order valence-corrected chi connectivity index (χ2v) is 3.61. The molecule has 0 bridgehead atoms. The normalized spacial score (nSPS) is 10.7. The van der Waals surface area contributed by atoms with Crippen molar-refractivity contribution in [3.8, 4) is 0 Å². The summed E-state index contributed by atoms with van der Waals surface area (Å²) >= 11 is 0. The molecule has 0 heterocycles. The monoisotopic (exact) mass is 185 g/mol. The third-order valence-electron chi connectivity index (χ3n) is 2.63. The molecule has 2 rings (SSSR count). The third-order valence-corrected chi connectivity index (χ3v) is 2.63. The average molecular weight is 185 g/mol. The lowest BCUT2D eigenvalue weighted by Crippen LogP contribution is -2.07. The second kappa shape index (κ2) is 3.81. The highest BCUT2D eigenvalue weighted by Crippen LogP contribution is 2.21. The number of benzene rings is 2. The summed E-state index contributed by atoms with van der Waals surface area (Å²) in [4.78, 5) is 0. The minimum absolute atomic E-state index is 0.938. The molecule has 72 valence electrons. The van der Waals surface area contributed by atoms with Gasteiger partial charge in [-0.25, -0.2) is 0 Å². The van der Waals surface area contributed by atoms with Gasteiger partial charge in [-0.05, 0) is 35.9 Å². The van der Waals surface area contributed by atoms with Crippen molar-refractivity contribution in [3.05, 3.63) is 47.5 Å². The Kier molecular flexibility index (Phi) is 2.51. The summed E-state index contributed by atoms with van der Waals surface area (Å²) in [5.41, 5.74) is 2.77. The van der Waals surface area contributed by atoms with Gasteiger partial charge in [-0.1, -0.05) is 36.4 Å². The van der Waals surface area contributed by atoms with E-state index in [1.807, 2.05) is 7.05 Å². The van der Waals surface area contributed by atoms with E-state index in [1.165, 1.54) is 21.9 Å². The summed E-state index contributed by atoms with van der Waals surface area (Å²) in [6.07, 6.45) is 0. The number of rotatable bonds is 2. The van der Waals surface area contributed by atoms with E-state index in [-0.39, 0.29) is 0 Å². The molecule has 0 aliphatic carbocycles. The molecular formula is C13H15N. The Morgan fingerprint density at radius 3 is 2.64 bits per heavy atom. The molecular weight excluding hydrogens is 170 g/mol. The Balaban J connectivity index is 2.69. The van der Waals surface area contributed by atoms with Crippen molar-refractivity contribution in [3.63, 3.8) is 0 Å². The minimum Gasteiger partial charge on any atom is -0.316 e. The summed E-state index contributed by atoms with van der Waals surface area (Å²) in [6.45, 7) is 3.10. The van der Waals surface area contributed by atoms with Crippen LogP contribution in [0.2, 0.25) is 0 Å². The maximum absolute atomic E-state index is 3.22. The van der Waals surface area contributed by atoms with E-state index in [2.05, 4.69) is 48.6 Å². The van der Waals surface area contributed by atoms with Crippen LogP contribution in [0.3, 0.4) is 0 Å². The molecule has 0 spiro atoms. The molecule has 0 unspecified atom stereocenters. The first-order valence-electron chi connectivity index (χ1n) is 4.95. The molecule has 0 aliphatic rings. The Hall–Kier alpha value is -1.34. The fraction of sp³-hybridized carbons (Fsp3) is 0.231. The standard InChI is InChI=1S/C13H15N/c1-10-7-8-11-5-3-4-6-12(11)13(10)9-14-2/h3-8,14H,9H2,1-2H3. The van der Waals surface area contributed by atoms with Gasteiger partial charge in [0.25, 0.3) is 0 Å². The first-order chi connectivity index (χ1) is 6.83. The molecule has 0 saturated carbocycles. The van der Waals surface area contributed by atoms with Crippen molar-refractivity contribution >= 4 is 10.8 Å². The quantitative estimate of drug-likeness (QED) is 0.758. The summed E-state index contributed by atoms with van der Waals surface area (Å²) in [7, 11) is 1.99. The number of hydrogen-bond donors (Lipinski definition) is 1. The fourth-order valence-electron chi connectivity index (χ4n) is 1.86. The zero-order valence-corrected chi connectivity index (χ0v) is 8.67. The lowest BCUT2D eigenvalue weighted by atomic mass is 10.00. The highest BCUT2D eigenvalue weighted by Gasteiger charge is 2.02. The molecule has 2 aromatic carbocycles. The number of nitrogens with one attached hydrogen (secondary N) is 1. The van der Waals surface area contributed by atoms with Crippen molar-refractivity contribution in [2.45, 2.75) is 13.5 Å². The summed E-state index contributed by atoms with van der Waals surface area (Å²) in [5, 5.41) is 5.90. The molecule has 0 amide bonds. The number of hydrogen-bond acceptors (Lipinski definition) is 1.